The van der Waals surface area contributed by atoms with Crippen LogP contribution in [0.1, 0.15) is 35.7 Å². The first kappa shape index (κ1) is 17.7. The van der Waals surface area contributed by atoms with Gasteiger partial charge in [-0.05, 0) is 41.8 Å². The molecule has 0 unspecified atom stereocenters. The van der Waals surface area contributed by atoms with E-state index in [9.17, 15) is 4.79 Å². The lowest BCUT2D eigenvalue weighted by molar-refractivity contribution is 0.0952. The molecular weight excluding hydrogens is 328 g/mol. The van der Waals surface area contributed by atoms with E-state index in [0.29, 0.717) is 30.3 Å². The lowest BCUT2D eigenvalue weighted by Gasteiger charge is -2.13. The van der Waals surface area contributed by atoms with Crippen LogP contribution in [-0.2, 0) is 6.54 Å². The molecule has 2 aromatic carbocycles. The number of benzene rings is 2. The van der Waals surface area contributed by atoms with E-state index in [0.717, 1.165) is 11.3 Å². The van der Waals surface area contributed by atoms with Gasteiger partial charge in [0.2, 0.25) is 0 Å². The molecule has 6 nitrogen and oxygen atoms in total. The highest BCUT2D eigenvalue weighted by Crippen LogP contribution is 2.30. The van der Waals surface area contributed by atoms with Gasteiger partial charge >= 0.3 is 0 Å². The van der Waals surface area contributed by atoms with Crippen LogP contribution in [0.5, 0.6) is 11.5 Å². The summed E-state index contributed by atoms with van der Waals surface area (Å²) >= 11 is 0. The van der Waals surface area contributed by atoms with Crippen molar-refractivity contribution in [2.75, 3.05) is 6.54 Å². The van der Waals surface area contributed by atoms with Crippen LogP contribution >= 0.6 is 0 Å². The standard InChI is InChI=1S/C20H22N4O2/c1-15(2)18-5-3-4-6-19(18)26-17-9-7-16(8-10-17)20(25)21-11-12-24-13-22-23-14-24/h3-10,13-15H,11-12H2,1-2H3,(H,21,25). The minimum atomic E-state index is -0.118. The molecule has 1 N–H and O–H groups in total. The van der Waals surface area contributed by atoms with Crippen molar-refractivity contribution in [3.63, 3.8) is 0 Å². The van der Waals surface area contributed by atoms with E-state index in [4.69, 9.17) is 4.74 Å². The second-order valence-electron chi connectivity index (χ2n) is 6.27. The van der Waals surface area contributed by atoms with Crippen molar-refractivity contribution in [3.05, 3.63) is 72.3 Å². The Balaban J connectivity index is 1.59. The second kappa shape index (κ2) is 8.29. The molecule has 1 heterocycles. The van der Waals surface area contributed by atoms with Crippen molar-refractivity contribution in [1.29, 1.82) is 0 Å². The Hall–Kier alpha value is -3.15. The number of rotatable bonds is 7. The largest absolute Gasteiger partial charge is 0.457 e. The molecule has 1 aromatic heterocycles. The van der Waals surface area contributed by atoms with Gasteiger partial charge in [0.05, 0.1) is 0 Å². The third kappa shape index (κ3) is 4.47. The van der Waals surface area contributed by atoms with Crippen LogP contribution in [0.3, 0.4) is 0 Å². The number of carbonyl (C=O) groups excluding carboxylic acids is 1. The zero-order valence-electron chi connectivity index (χ0n) is 14.9. The normalized spacial score (nSPS) is 10.7. The molecule has 0 atom stereocenters. The first-order valence-electron chi connectivity index (χ1n) is 8.61. The number of hydrogen-bond donors (Lipinski definition) is 1. The highest BCUT2D eigenvalue weighted by atomic mass is 16.5. The van der Waals surface area contributed by atoms with Gasteiger partial charge in [0, 0.05) is 18.7 Å². The maximum absolute atomic E-state index is 12.2. The third-order valence-corrected chi connectivity index (χ3v) is 4.01. The molecule has 0 bridgehead atoms. The summed E-state index contributed by atoms with van der Waals surface area (Å²) in [6, 6.07) is 15.1. The van der Waals surface area contributed by atoms with E-state index in [1.165, 1.54) is 0 Å². The Kier molecular flexibility index (Phi) is 5.63. The van der Waals surface area contributed by atoms with E-state index >= 15 is 0 Å². The van der Waals surface area contributed by atoms with Gasteiger partial charge in [-0.2, -0.15) is 0 Å². The molecule has 0 fully saturated rings. The van der Waals surface area contributed by atoms with E-state index in [-0.39, 0.29) is 5.91 Å². The van der Waals surface area contributed by atoms with Gasteiger partial charge in [0.15, 0.2) is 0 Å². The van der Waals surface area contributed by atoms with Crippen molar-refractivity contribution < 1.29 is 9.53 Å². The van der Waals surface area contributed by atoms with E-state index < -0.39 is 0 Å². The minimum absolute atomic E-state index is 0.118. The number of hydrogen-bond acceptors (Lipinski definition) is 4. The van der Waals surface area contributed by atoms with Crippen LogP contribution in [0.4, 0.5) is 0 Å². The van der Waals surface area contributed by atoms with Crippen LogP contribution in [0, 0.1) is 0 Å². The quantitative estimate of drug-likeness (QED) is 0.706. The molecule has 3 rings (SSSR count). The summed E-state index contributed by atoms with van der Waals surface area (Å²) < 4.78 is 7.80. The summed E-state index contributed by atoms with van der Waals surface area (Å²) in [5, 5.41) is 10.3. The predicted molar refractivity (Wildman–Crippen MR) is 99.4 cm³/mol. The Morgan fingerprint density at radius 1 is 1.08 bits per heavy atom. The van der Waals surface area contributed by atoms with Gasteiger partial charge in [-0.1, -0.05) is 32.0 Å². The summed E-state index contributed by atoms with van der Waals surface area (Å²) in [6.45, 7) is 5.41. The van der Waals surface area contributed by atoms with Gasteiger partial charge in [-0.15, -0.1) is 10.2 Å². The number of carbonyl (C=O) groups is 1. The molecule has 6 heteroatoms. The highest BCUT2D eigenvalue weighted by Gasteiger charge is 2.09. The first-order valence-corrected chi connectivity index (χ1v) is 8.61. The van der Waals surface area contributed by atoms with Crippen molar-refractivity contribution in [3.8, 4) is 11.5 Å². The van der Waals surface area contributed by atoms with Crippen LogP contribution in [0.15, 0.2) is 61.2 Å². The van der Waals surface area contributed by atoms with E-state index in [2.05, 4.69) is 35.4 Å². The summed E-state index contributed by atoms with van der Waals surface area (Å²) in [5.74, 6) is 1.81. The van der Waals surface area contributed by atoms with Gasteiger partial charge in [0.25, 0.3) is 5.91 Å². The molecule has 1 amide bonds. The predicted octanol–water partition coefficient (Wildman–Crippen LogP) is 3.62. The van der Waals surface area contributed by atoms with Crippen molar-refractivity contribution in [1.82, 2.24) is 20.1 Å². The van der Waals surface area contributed by atoms with Gasteiger partial charge in [0.1, 0.15) is 24.2 Å². The molecule has 0 saturated carbocycles. The van der Waals surface area contributed by atoms with Crippen LogP contribution in [0.25, 0.3) is 0 Å². The summed E-state index contributed by atoms with van der Waals surface area (Å²) in [5.41, 5.74) is 1.75. The SMILES string of the molecule is CC(C)c1ccccc1Oc1ccc(C(=O)NCCn2cnnc2)cc1. The van der Waals surface area contributed by atoms with Crippen LogP contribution in [-0.4, -0.2) is 27.2 Å². The third-order valence-electron chi connectivity index (χ3n) is 4.01. The van der Waals surface area contributed by atoms with Crippen LogP contribution in [0.2, 0.25) is 0 Å². The number of nitrogens with zero attached hydrogens (tertiary/aromatic N) is 3. The lowest BCUT2D eigenvalue weighted by atomic mass is 10.0. The topological polar surface area (TPSA) is 69.0 Å². The first-order chi connectivity index (χ1) is 12.6. The fourth-order valence-corrected chi connectivity index (χ4v) is 2.59. The Morgan fingerprint density at radius 2 is 1.77 bits per heavy atom. The molecule has 134 valence electrons. The molecular formula is C20H22N4O2. The van der Waals surface area contributed by atoms with Crippen molar-refractivity contribution in [2.45, 2.75) is 26.3 Å². The number of nitrogens with one attached hydrogen (secondary N) is 1. The van der Waals surface area contributed by atoms with E-state index in [1.807, 2.05) is 34.9 Å². The zero-order valence-corrected chi connectivity index (χ0v) is 14.9. The van der Waals surface area contributed by atoms with Gasteiger partial charge in [-0.25, -0.2) is 0 Å². The Bertz CT molecular complexity index is 843. The number of para-hydroxylation sites is 1. The molecule has 0 radical (unpaired) electrons. The molecule has 0 saturated heterocycles. The van der Waals surface area contributed by atoms with Crippen molar-refractivity contribution in [2.24, 2.45) is 0 Å². The van der Waals surface area contributed by atoms with Crippen LogP contribution < -0.4 is 10.1 Å². The molecule has 0 aliphatic carbocycles. The zero-order chi connectivity index (χ0) is 18.4. The van der Waals surface area contributed by atoms with Gasteiger partial charge < -0.3 is 14.6 Å². The molecule has 0 aliphatic rings. The summed E-state index contributed by atoms with van der Waals surface area (Å²) in [7, 11) is 0. The number of amides is 1. The second-order valence-corrected chi connectivity index (χ2v) is 6.27. The molecule has 0 aliphatic heterocycles. The van der Waals surface area contributed by atoms with Crippen molar-refractivity contribution >= 4 is 5.91 Å². The fourth-order valence-electron chi connectivity index (χ4n) is 2.59. The fraction of sp³-hybridized carbons (Fsp3) is 0.250. The Labute approximate surface area is 152 Å². The molecule has 0 spiro atoms. The Morgan fingerprint density at radius 3 is 2.46 bits per heavy atom. The summed E-state index contributed by atoms with van der Waals surface area (Å²) in [6.07, 6.45) is 3.24. The minimum Gasteiger partial charge on any atom is -0.457 e. The average molecular weight is 350 g/mol. The maximum atomic E-state index is 12.2. The number of ether oxygens (including phenoxy) is 1. The number of aromatic nitrogens is 3. The highest BCUT2D eigenvalue weighted by molar-refractivity contribution is 5.94. The van der Waals surface area contributed by atoms with Gasteiger partial charge in [-0.3, -0.25) is 4.79 Å². The average Bonchev–Trinajstić information content (AvgIpc) is 3.16. The lowest BCUT2D eigenvalue weighted by Crippen LogP contribution is -2.26. The monoisotopic (exact) mass is 350 g/mol. The van der Waals surface area contributed by atoms with E-state index in [1.54, 1.807) is 24.8 Å². The maximum Gasteiger partial charge on any atom is 0.251 e. The molecule has 3 aromatic rings. The molecule has 26 heavy (non-hydrogen) atoms. The summed E-state index contributed by atoms with van der Waals surface area (Å²) in [4.78, 5) is 12.2. The smallest absolute Gasteiger partial charge is 0.251 e.